The third-order valence-electron chi connectivity index (χ3n) is 5.69. The van der Waals surface area contributed by atoms with E-state index in [1.165, 1.54) is 15.9 Å². The number of nitrogens with zero attached hydrogens (tertiary/aromatic N) is 1. The molecule has 4 rings (SSSR count). The third-order valence-corrected chi connectivity index (χ3v) is 8.19. The first-order valence-electron chi connectivity index (χ1n) is 10.8. The van der Waals surface area contributed by atoms with E-state index >= 15 is 0 Å². The summed E-state index contributed by atoms with van der Waals surface area (Å²) in [4.78, 5) is 4.98. The number of rotatable bonds is 6. The number of methoxy groups -OCH3 is 2. The number of hydrogen-bond donors (Lipinski definition) is 0. The van der Waals surface area contributed by atoms with Gasteiger partial charge in [0.15, 0.2) is 0 Å². The molecule has 1 heterocycles. The van der Waals surface area contributed by atoms with Crippen LogP contribution in [0.3, 0.4) is 0 Å². The Hall–Kier alpha value is -2.84. The van der Waals surface area contributed by atoms with Crippen LogP contribution in [0.2, 0.25) is 0 Å². The van der Waals surface area contributed by atoms with Crippen molar-refractivity contribution in [2.45, 2.75) is 26.8 Å². The van der Waals surface area contributed by atoms with Crippen LogP contribution in [0.25, 0.3) is 0 Å². The highest BCUT2D eigenvalue weighted by molar-refractivity contribution is 7.80. The minimum Gasteiger partial charge on any atom is -0.497 e. The molecule has 0 spiro atoms. The lowest BCUT2D eigenvalue weighted by Crippen LogP contribution is -2.25. The molecule has 0 aliphatic carbocycles. The van der Waals surface area contributed by atoms with Crippen molar-refractivity contribution < 1.29 is 14.2 Å². The summed E-state index contributed by atoms with van der Waals surface area (Å²) in [5, 5.41) is 3.71. The zero-order valence-electron chi connectivity index (χ0n) is 19.3. The smallest absolute Gasteiger partial charge is 0.217 e. The van der Waals surface area contributed by atoms with Crippen LogP contribution in [0.15, 0.2) is 77.8 Å². The first-order chi connectivity index (χ1) is 15.4. The highest BCUT2D eigenvalue weighted by atomic mass is 31.1. The second kappa shape index (κ2) is 9.34. The minimum absolute atomic E-state index is 0.0629. The van der Waals surface area contributed by atoms with Crippen molar-refractivity contribution >= 4 is 29.7 Å². The molecule has 1 aliphatic rings. The fourth-order valence-corrected chi connectivity index (χ4v) is 6.10. The van der Waals surface area contributed by atoms with Crippen LogP contribution in [0.4, 0.5) is 0 Å². The zero-order valence-corrected chi connectivity index (χ0v) is 20.2. The predicted molar refractivity (Wildman–Crippen MR) is 134 cm³/mol. The summed E-state index contributed by atoms with van der Waals surface area (Å²) < 4.78 is 16.9. The first kappa shape index (κ1) is 22.4. The highest BCUT2D eigenvalue weighted by Gasteiger charge is 2.32. The van der Waals surface area contributed by atoms with Crippen LogP contribution in [-0.4, -0.2) is 32.8 Å². The minimum atomic E-state index is -0.832. The molecule has 0 N–H and O–H groups in total. The van der Waals surface area contributed by atoms with E-state index in [9.17, 15) is 0 Å². The van der Waals surface area contributed by atoms with Gasteiger partial charge in [-0.25, -0.2) is 4.99 Å². The summed E-state index contributed by atoms with van der Waals surface area (Å²) >= 11 is 0. The van der Waals surface area contributed by atoms with E-state index in [1.54, 1.807) is 14.2 Å². The van der Waals surface area contributed by atoms with Crippen molar-refractivity contribution in [1.82, 2.24) is 0 Å². The van der Waals surface area contributed by atoms with Gasteiger partial charge < -0.3 is 14.2 Å². The van der Waals surface area contributed by atoms with Gasteiger partial charge in [-0.05, 0) is 59.6 Å². The van der Waals surface area contributed by atoms with E-state index in [0.29, 0.717) is 6.61 Å². The molecule has 0 saturated carbocycles. The van der Waals surface area contributed by atoms with Gasteiger partial charge >= 0.3 is 0 Å². The molecule has 0 bridgehead atoms. The maximum atomic E-state index is 6.13. The van der Waals surface area contributed by atoms with E-state index in [-0.39, 0.29) is 11.5 Å². The van der Waals surface area contributed by atoms with Crippen molar-refractivity contribution in [3.8, 4) is 11.5 Å². The molecule has 32 heavy (non-hydrogen) atoms. The lowest BCUT2D eigenvalue weighted by atomic mass is 9.88. The van der Waals surface area contributed by atoms with Crippen molar-refractivity contribution in [3.63, 3.8) is 0 Å². The van der Waals surface area contributed by atoms with Gasteiger partial charge in [0.2, 0.25) is 5.90 Å². The summed E-state index contributed by atoms with van der Waals surface area (Å²) in [6, 6.07) is 25.3. The monoisotopic (exact) mass is 447 g/mol. The molecule has 166 valence electrons. The molecule has 0 aromatic heterocycles. The van der Waals surface area contributed by atoms with Crippen molar-refractivity contribution in [3.05, 3.63) is 78.4 Å². The summed E-state index contributed by atoms with van der Waals surface area (Å²) in [5.41, 5.74) is 1.13. The summed E-state index contributed by atoms with van der Waals surface area (Å²) in [6.45, 7) is 7.25. The van der Waals surface area contributed by atoms with Crippen LogP contribution >= 0.6 is 7.92 Å². The van der Waals surface area contributed by atoms with Gasteiger partial charge in [-0.15, -0.1) is 0 Å². The molecule has 0 unspecified atom stereocenters. The van der Waals surface area contributed by atoms with Crippen LogP contribution in [0, 0.1) is 5.41 Å². The van der Waals surface area contributed by atoms with Crippen LogP contribution in [0.5, 0.6) is 11.5 Å². The van der Waals surface area contributed by atoms with Gasteiger partial charge in [-0.1, -0.05) is 63.2 Å². The quantitative estimate of drug-likeness (QED) is 0.517. The molecule has 3 aromatic carbocycles. The molecular formula is C27H30NO3P. The van der Waals surface area contributed by atoms with E-state index < -0.39 is 7.92 Å². The predicted octanol–water partition coefficient (Wildman–Crippen LogP) is 4.65. The molecule has 0 saturated heterocycles. The third kappa shape index (κ3) is 4.66. The van der Waals surface area contributed by atoms with E-state index in [4.69, 9.17) is 19.2 Å². The second-order valence-electron chi connectivity index (χ2n) is 8.88. The zero-order chi connectivity index (χ0) is 22.7. The number of ether oxygens (including phenoxy) is 3. The topological polar surface area (TPSA) is 40.0 Å². The lowest BCUT2D eigenvalue weighted by molar-refractivity contribution is 0.236. The Morgan fingerprint density at radius 1 is 0.812 bits per heavy atom. The van der Waals surface area contributed by atoms with Crippen molar-refractivity contribution in [1.29, 1.82) is 0 Å². The Kier molecular flexibility index (Phi) is 6.53. The normalized spacial score (nSPS) is 15.9. The molecule has 0 amide bonds. The van der Waals surface area contributed by atoms with Crippen molar-refractivity contribution in [2.75, 3.05) is 20.8 Å². The molecule has 0 fully saturated rings. The standard InChI is InChI=1S/C27H30NO3P/c1-27(2,3)25-18-31-26(28-25)23-8-6-7-9-24(23)32(21-14-10-19(29-4)11-15-21)22-16-12-20(30-5)13-17-22/h6-17,25H,18H2,1-5H3/t25-/m1/s1. The van der Waals surface area contributed by atoms with Gasteiger partial charge in [-0.3, -0.25) is 0 Å². The van der Waals surface area contributed by atoms with Gasteiger partial charge in [0.1, 0.15) is 18.1 Å². The number of hydrogen-bond acceptors (Lipinski definition) is 4. The lowest BCUT2D eigenvalue weighted by Gasteiger charge is -2.22. The maximum Gasteiger partial charge on any atom is 0.217 e. The number of aliphatic imine (C=N–C) groups is 1. The SMILES string of the molecule is COc1ccc(P(c2ccc(OC)cc2)c2ccccc2C2=N[C@@H](C(C)(C)C)CO2)cc1. The Bertz CT molecular complexity index is 1040. The molecule has 1 aliphatic heterocycles. The summed E-state index contributed by atoms with van der Waals surface area (Å²) in [7, 11) is 2.55. The van der Waals surface area contributed by atoms with Gasteiger partial charge in [0, 0.05) is 5.56 Å². The van der Waals surface area contributed by atoms with Gasteiger partial charge in [0.25, 0.3) is 0 Å². The second-order valence-corrected chi connectivity index (χ2v) is 11.1. The summed E-state index contributed by atoms with van der Waals surface area (Å²) in [6.07, 6.45) is 0. The molecule has 4 nitrogen and oxygen atoms in total. The average Bonchev–Trinajstić information content (AvgIpc) is 3.31. The highest BCUT2D eigenvalue weighted by Crippen LogP contribution is 2.36. The Balaban J connectivity index is 1.83. The first-order valence-corrected chi connectivity index (χ1v) is 12.1. The molecule has 1 atom stereocenters. The Labute approximate surface area is 192 Å². The van der Waals surface area contributed by atoms with Gasteiger partial charge in [0.05, 0.1) is 20.3 Å². The Morgan fingerprint density at radius 3 is 1.81 bits per heavy atom. The molecule has 0 radical (unpaired) electrons. The van der Waals surface area contributed by atoms with E-state index in [2.05, 4.69) is 69.3 Å². The Morgan fingerprint density at radius 2 is 1.34 bits per heavy atom. The fourth-order valence-electron chi connectivity index (χ4n) is 3.70. The van der Waals surface area contributed by atoms with Crippen LogP contribution in [0.1, 0.15) is 26.3 Å². The number of benzene rings is 3. The van der Waals surface area contributed by atoms with Crippen LogP contribution < -0.4 is 25.4 Å². The molecule has 5 heteroatoms. The van der Waals surface area contributed by atoms with Crippen molar-refractivity contribution in [2.24, 2.45) is 10.4 Å². The maximum absolute atomic E-state index is 6.13. The fraction of sp³-hybridized carbons (Fsp3) is 0.296. The summed E-state index contributed by atoms with van der Waals surface area (Å²) in [5.74, 6) is 2.45. The average molecular weight is 448 g/mol. The molecular weight excluding hydrogens is 417 g/mol. The van der Waals surface area contributed by atoms with E-state index in [1.807, 2.05) is 24.3 Å². The molecule has 3 aromatic rings. The van der Waals surface area contributed by atoms with Crippen LogP contribution in [-0.2, 0) is 4.74 Å². The van der Waals surface area contributed by atoms with Gasteiger partial charge in [-0.2, -0.15) is 0 Å². The largest absolute Gasteiger partial charge is 0.497 e. The van der Waals surface area contributed by atoms with E-state index in [0.717, 1.165) is 23.0 Å².